The standard InChI is InChI=1S/C17H25N3O2.ClH/c1-2-22-16-6-4-3-5-15(16)17(21)20-10-7-14(13-20)19-11-8-18-9-12-19;/h3-6,14,18H,2,7-13H2,1H3;1H. The van der Waals surface area contributed by atoms with Gasteiger partial charge < -0.3 is 15.0 Å². The number of ether oxygens (including phenoxy) is 1. The van der Waals surface area contributed by atoms with E-state index < -0.39 is 0 Å². The maximum atomic E-state index is 12.8. The van der Waals surface area contributed by atoms with E-state index in [1.54, 1.807) is 0 Å². The average Bonchev–Trinajstić information content (AvgIpc) is 3.06. The third-order valence-electron chi connectivity index (χ3n) is 4.54. The maximum absolute atomic E-state index is 12.8. The Morgan fingerprint density at radius 2 is 2.00 bits per heavy atom. The van der Waals surface area contributed by atoms with Crippen LogP contribution in [0.1, 0.15) is 23.7 Å². The Morgan fingerprint density at radius 1 is 1.26 bits per heavy atom. The summed E-state index contributed by atoms with van der Waals surface area (Å²) in [4.78, 5) is 17.3. The van der Waals surface area contributed by atoms with Crippen LogP contribution in [0.15, 0.2) is 24.3 Å². The molecule has 0 aliphatic carbocycles. The van der Waals surface area contributed by atoms with Gasteiger partial charge in [-0.25, -0.2) is 0 Å². The van der Waals surface area contributed by atoms with Gasteiger partial charge in [-0.1, -0.05) is 12.1 Å². The number of nitrogens with one attached hydrogen (secondary N) is 1. The maximum Gasteiger partial charge on any atom is 0.257 e. The number of carbonyl (C=O) groups is 1. The Balaban J connectivity index is 0.00000192. The summed E-state index contributed by atoms with van der Waals surface area (Å²) < 4.78 is 5.59. The minimum Gasteiger partial charge on any atom is -0.493 e. The third-order valence-corrected chi connectivity index (χ3v) is 4.54. The van der Waals surface area contributed by atoms with Crippen LogP contribution in [0.3, 0.4) is 0 Å². The summed E-state index contributed by atoms with van der Waals surface area (Å²) >= 11 is 0. The molecule has 2 heterocycles. The van der Waals surface area contributed by atoms with Crippen molar-refractivity contribution in [3.05, 3.63) is 29.8 Å². The Labute approximate surface area is 144 Å². The number of hydrogen-bond acceptors (Lipinski definition) is 4. The highest BCUT2D eigenvalue weighted by Gasteiger charge is 2.32. The van der Waals surface area contributed by atoms with Crippen molar-refractivity contribution >= 4 is 18.3 Å². The predicted octanol–water partition coefficient (Wildman–Crippen LogP) is 1.63. The van der Waals surface area contributed by atoms with Gasteiger partial charge >= 0.3 is 0 Å². The second-order valence-electron chi connectivity index (χ2n) is 5.91. The van der Waals surface area contributed by atoms with Crippen molar-refractivity contribution in [1.82, 2.24) is 15.1 Å². The van der Waals surface area contributed by atoms with E-state index in [1.807, 2.05) is 36.1 Å². The van der Waals surface area contributed by atoms with Crippen molar-refractivity contribution in [3.63, 3.8) is 0 Å². The fourth-order valence-corrected chi connectivity index (χ4v) is 3.37. The van der Waals surface area contributed by atoms with Crippen molar-refractivity contribution in [3.8, 4) is 5.75 Å². The molecule has 2 aliphatic rings. The summed E-state index contributed by atoms with van der Waals surface area (Å²) in [6.07, 6.45) is 1.07. The highest BCUT2D eigenvalue weighted by atomic mass is 35.5. The Hall–Kier alpha value is -1.30. The molecule has 0 aromatic heterocycles. The fraction of sp³-hybridized carbons (Fsp3) is 0.588. The first kappa shape index (κ1) is 18.0. The van der Waals surface area contributed by atoms with E-state index in [-0.39, 0.29) is 18.3 Å². The SMILES string of the molecule is CCOc1ccccc1C(=O)N1CCC(N2CCNCC2)C1.Cl. The first-order valence-corrected chi connectivity index (χ1v) is 8.25. The molecule has 3 rings (SSSR count). The number of piperazine rings is 1. The molecule has 1 aromatic carbocycles. The molecule has 1 N–H and O–H groups in total. The lowest BCUT2D eigenvalue weighted by molar-refractivity contribution is 0.0769. The second-order valence-corrected chi connectivity index (χ2v) is 5.91. The summed E-state index contributed by atoms with van der Waals surface area (Å²) in [5.74, 6) is 0.794. The van der Waals surface area contributed by atoms with Crippen LogP contribution >= 0.6 is 12.4 Å². The van der Waals surface area contributed by atoms with Gasteiger partial charge in [0.25, 0.3) is 5.91 Å². The van der Waals surface area contributed by atoms with Gasteiger partial charge in [-0.2, -0.15) is 0 Å². The topological polar surface area (TPSA) is 44.8 Å². The Kier molecular flexibility index (Phi) is 6.69. The zero-order chi connectivity index (χ0) is 15.4. The average molecular weight is 340 g/mol. The van der Waals surface area contributed by atoms with Crippen molar-refractivity contribution < 1.29 is 9.53 Å². The van der Waals surface area contributed by atoms with Gasteiger partial charge in [-0.15, -0.1) is 12.4 Å². The number of carbonyl (C=O) groups excluding carboxylic acids is 1. The number of amides is 1. The molecule has 2 aliphatic heterocycles. The van der Waals surface area contributed by atoms with Crippen LogP contribution in [-0.2, 0) is 0 Å². The van der Waals surface area contributed by atoms with Crippen LogP contribution in [0.25, 0.3) is 0 Å². The quantitative estimate of drug-likeness (QED) is 0.905. The summed E-state index contributed by atoms with van der Waals surface area (Å²) in [7, 11) is 0. The zero-order valence-electron chi connectivity index (χ0n) is 13.7. The van der Waals surface area contributed by atoms with Crippen molar-refractivity contribution in [2.45, 2.75) is 19.4 Å². The van der Waals surface area contributed by atoms with Gasteiger partial charge in [0.05, 0.1) is 12.2 Å². The van der Waals surface area contributed by atoms with Gasteiger partial charge in [-0.3, -0.25) is 9.69 Å². The second kappa shape index (κ2) is 8.52. The molecule has 5 nitrogen and oxygen atoms in total. The van der Waals surface area contributed by atoms with E-state index in [0.29, 0.717) is 24.0 Å². The molecule has 1 unspecified atom stereocenters. The van der Waals surface area contributed by atoms with Crippen LogP contribution in [0.2, 0.25) is 0 Å². The molecule has 0 radical (unpaired) electrons. The van der Waals surface area contributed by atoms with Crippen LogP contribution in [0.5, 0.6) is 5.75 Å². The summed E-state index contributed by atoms with van der Waals surface area (Å²) in [6, 6.07) is 8.06. The normalized spacial score (nSPS) is 21.8. The van der Waals surface area contributed by atoms with Crippen LogP contribution < -0.4 is 10.1 Å². The van der Waals surface area contributed by atoms with Crippen molar-refractivity contribution in [2.24, 2.45) is 0 Å². The monoisotopic (exact) mass is 339 g/mol. The predicted molar refractivity (Wildman–Crippen MR) is 93.6 cm³/mol. The van der Waals surface area contributed by atoms with Crippen molar-refractivity contribution in [2.75, 3.05) is 45.9 Å². The molecule has 2 saturated heterocycles. The minimum absolute atomic E-state index is 0. The lowest BCUT2D eigenvalue weighted by Gasteiger charge is -2.32. The largest absolute Gasteiger partial charge is 0.493 e. The lowest BCUT2D eigenvalue weighted by Crippen LogP contribution is -2.49. The van der Waals surface area contributed by atoms with E-state index in [1.165, 1.54) is 0 Å². The molecular weight excluding hydrogens is 314 g/mol. The van der Waals surface area contributed by atoms with E-state index in [9.17, 15) is 4.79 Å². The van der Waals surface area contributed by atoms with Crippen LogP contribution in [-0.4, -0.2) is 67.6 Å². The van der Waals surface area contributed by atoms with Crippen LogP contribution in [0, 0.1) is 0 Å². The van der Waals surface area contributed by atoms with Crippen molar-refractivity contribution in [1.29, 1.82) is 0 Å². The van der Waals surface area contributed by atoms with E-state index >= 15 is 0 Å². The van der Waals surface area contributed by atoms with E-state index in [2.05, 4.69) is 10.2 Å². The fourth-order valence-electron chi connectivity index (χ4n) is 3.37. The molecule has 1 amide bonds. The number of hydrogen-bond donors (Lipinski definition) is 1. The molecule has 23 heavy (non-hydrogen) atoms. The van der Waals surface area contributed by atoms with E-state index in [0.717, 1.165) is 45.7 Å². The first-order valence-electron chi connectivity index (χ1n) is 8.25. The highest BCUT2D eigenvalue weighted by Crippen LogP contribution is 2.23. The molecule has 128 valence electrons. The molecule has 0 saturated carbocycles. The van der Waals surface area contributed by atoms with Gasteiger partial charge in [-0.05, 0) is 25.5 Å². The van der Waals surface area contributed by atoms with Gasteiger partial charge in [0, 0.05) is 45.3 Å². The summed E-state index contributed by atoms with van der Waals surface area (Å²) in [5.41, 5.74) is 0.685. The van der Waals surface area contributed by atoms with Gasteiger partial charge in [0.1, 0.15) is 5.75 Å². The number of halogens is 1. The Morgan fingerprint density at radius 3 is 2.74 bits per heavy atom. The summed E-state index contributed by atoms with van der Waals surface area (Å²) in [5, 5.41) is 3.38. The van der Waals surface area contributed by atoms with E-state index in [4.69, 9.17) is 4.74 Å². The molecule has 6 heteroatoms. The highest BCUT2D eigenvalue weighted by molar-refractivity contribution is 5.97. The molecule has 1 aromatic rings. The lowest BCUT2D eigenvalue weighted by atomic mass is 10.1. The molecule has 0 spiro atoms. The van der Waals surface area contributed by atoms with Gasteiger partial charge in [0.15, 0.2) is 0 Å². The molecular formula is C17H26ClN3O2. The van der Waals surface area contributed by atoms with Crippen LogP contribution in [0.4, 0.5) is 0 Å². The number of para-hydroxylation sites is 1. The third kappa shape index (κ3) is 4.16. The molecule has 0 bridgehead atoms. The molecule has 1 atom stereocenters. The smallest absolute Gasteiger partial charge is 0.257 e. The molecule has 2 fully saturated rings. The first-order chi connectivity index (χ1) is 10.8. The van der Waals surface area contributed by atoms with Gasteiger partial charge in [0.2, 0.25) is 0 Å². The minimum atomic E-state index is 0. The Bertz CT molecular complexity index is 520. The number of rotatable bonds is 4. The number of likely N-dealkylation sites (tertiary alicyclic amines) is 1. The number of nitrogens with zero attached hydrogens (tertiary/aromatic N) is 2. The number of benzene rings is 1. The summed E-state index contributed by atoms with van der Waals surface area (Å²) in [6.45, 7) is 8.47. The zero-order valence-corrected chi connectivity index (χ0v) is 14.5.